The number of nitrogens with one attached hydrogen (secondary N) is 1. The maximum Gasteiger partial charge on any atom is 0.228 e. The zero-order valence-electron chi connectivity index (χ0n) is 13.5. The Hall–Kier alpha value is -2.75. The highest BCUT2D eigenvalue weighted by molar-refractivity contribution is 5.95. The Morgan fingerprint density at radius 3 is 2.57 bits per heavy atom. The summed E-state index contributed by atoms with van der Waals surface area (Å²) in [6.07, 6.45) is 1.90. The standard InChI is InChI=1S/C19H19NO3/c1-12-6-13(2)8-15(7-12)20-19(21)9-14-11-23-18-10-16(22-3)4-5-17(14)18/h4-8,10-11H,9H2,1-3H3,(H,20,21). The number of hydrogen-bond acceptors (Lipinski definition) is 3. The van der Waals surface area contributed by atoms with Crippen LogP contribution in [0.25, 0.3) is 11.0 Å². The second-order valence-corrected chi connectivity index (χ2v) is 5.72. The lowest BCUT2D eigenvalue weighted by molar-refractivity contribution is -0.115. The number of ether oxygens (including phenoxy) is 1. The van der Waals surface area contributed by atoms with E-state index < -0.39 is 0 Å². The summed E-state index contributed by atoms with van der Waals surface area (Å²) in [5.74, 6) is 0.673. The molecule has 1 amide bonds. The Morgan fingerprint density at radius 2 is 1.87 bits per heavy atom. The SMILES string of the molecule is COc1ccc2c(CC(=O)Nc3cc(C)cc(C)c3)coc2c1. The Labute approximate surface area is 135 Å². The molecular formula is C19H19NO3. The van der Waals surface area contributed by atoms with Crippen molar-refractivity contribution in [3.63, 3.8) is 0 Å². The number of carbonyl (C=O) groups excluding carboxylic acids is 1. The fraction of sp³-hybridized carbons (Fsp3) is 0.211. The summed E-state index contributed by atoms with van der Waals surface area (Å²) in [5.41, 5.74) is 4.66. The van der Waals surface area contributed by atoms with Crippen LogP contribution < -0.4 is 10.1 Å². The van der Waals surface area contributed by atoms with E-state index in [4.69, 9.17) is 9.15 Å². The third kappa shape index (κ3) is 3.37. The summed E-state index contributed by atoms with van der Waals surface area (Å²) < 4.78 is 10.7. The molecule has 0 atom stereocenters. The fourth-order valence-electron chi connectivity index (χ4n) is 2.75. The van der Waals surface area contributed by atoms with Gasteiger partial charge in [-0.2, -0.15) is 0 Å². The van der Waals surface area contributed by atoms with E-state index in [1.54, 1.807) is 13.4 Å². The molecule has 3 aromatic rings. The lowest BCUT2D eigenvalue weighted by Crippen LogP contribution is -2.14. The smallest absolute Gasteiger partial charge is 0.228 e. The van der Waals surface area contributed by atoms with Crippen LogP contribution in [0.2, 0.25) is 0 Å². The molecule has 4 nitrogen and oxygen atoms in total. The maximum atomic E-state index is 12.3. The number of carbonyl (C=O) groups is 1. The molecule has 118 valence electrons. The number of fused-ring (bicyclic) bond motifs is 1. The van der Waals surface area contributed by atoms with Gasteiger partial charge in [0.2, 0.25) is 5.91 Å². The summed E-state index contributed by atoms with van der Waals surface area (Å²) in [6.45, 7) is 4.03. The lowest BCUT2D eigenvalue weighted by Gasteiger charge is -2.07. The summed E-state index contributed by atoms with van der Waals surface area (Å²) in [6, 6.07) is 11.6. The van der Waals surface area contributed by atoms with Gasteiger partial charge in [0.15, 0.2) is 0 Å². The third-order valence-electron chi connectivity index (χ3n) is 3.72. The molecule has 1 heterocycles. The van der Waals surface area contributed by atoms with Crippen LogP contribution in [0.4, 0.5) is 5.69 Å². The van der Waals surface area contributed by atoms with E-state index in [1.807, 2.05) is 44.2 Å². The van der Waals surface area contributed by atoms with E-state index >= 15 is 0 Å². The Balaban J connectivity index is 1.77. The summed E-state index contributed by atoms with van der Waals surface area (Å²) >= 11 is 0. The van der Waals surface area contributed by atoms with Gasteiger partial charge in [0.1, 0.15) is 11.3 Å². The van der Waals surface area contributed by atoms with E-state index in [1.165, 1.54) is 0 Å². The van der Waals surface area contributed by atoms with Crippen molar-refractivity contribution in [2.75, 3.05) is 12.4 Å². The Bertz CT molecular complexity index is 844. The monoisotopic (exact) mass is 309 g/mol. The largest absolute Gasteiger partial charge is 0.497 e. The van der Waals surface area contributed by atoms with Gasteiger partial charge in [0.25, 0.3) is 0 Å². The fourth-order valence-corrected chi connectivity index (χ4v) is 2.75. The van der Waals surface area contributed by atoms with E-state index in [0.29, 0.717) is 0 Å². The predicted octanol–water partition coefficient (Wildman–Crippen LogP) is 4.24. The van der Waals surface area contributed by atoms with Gasteiger partial charge in [-0.15, -0.1) is 0 Å². The van der Waals surface area contributed by atoms with Gasteiger partial charge in [-0.3, -0.25) is 4.79 Å². The summed E-state index contributed by atoms with van der Waals surface area (Å²) in [4.78, 5) is 12.3. The first-order valence-electron chi connectivity index (χ1n) is 7.47. The van der Waals surface area contributed by atoms with Gasteiger partial charge in [-0.25, -0.2) is 0 Å². The topological polar surface area (TPSA) is 51.5 Å². The van der Waals surface area contributed by atoms with Crippen molar-refractivity contribution >= 4 is 22.6 Å². The van der Waals surface area contributed by atoms with Gasteiger partial charge >= 0.3 is 0 Å². The first-order chi connectivity index (χ1) is 11.0. The Kier molecular flexibility index (Phi) is 4.06. The molecule has 3 rings (SSSR count). The van der Waals surface area contributed by atoms with E-state index in [2.05, 4.69) is 11.4 Å². The Morgan fingerprint density at radius 1 is 1.13 bits per heavy atom. The number of furan rings is 1. The quantitative estimate of drug-likeness (QED) is 0.784. The molecule has 0 saturated heterocycles. The molecule has 0 spiro atoms. The normalized spacial score (nSPS) is 10.7. The molecule has 0 unspecified atom stereocenters. The first kappa shape index (κ1) is 15.2. The van der Waals surface area contributed by atoms with E-state index in [0.717, 1.165) is 39.1 Å². The molecule has 2 aromatic carbocycles. The average molecular weight is 309 g/mol. The summed E-state index contributed by atoms with van der Waals surface area (Å²) in [7, 11) is 1.61. The molecule has 0 saturated carbocycles. The third-order valence-corrected chi connectivity index (χ3v) is 3.72. The molecule has 1 N–H and O–H groups in total. The first-order valence-corrected chi connectivity index (χ1v) is 7.47. The minimum atomic E-state index is -0.0616. The molecule has 0 aliphatic carbocycles. The molecule has 0 radical (unpaired) electrons. The van der Waals surface area contributed by atoms with Gasteiger partial charge in [0, 0.05) is 22.7 Å². The molecule has 1 aromatic heterocycles. The van der Waals surface area contributed by atoms with E-state index in [9.17, 15) is 4.79 Å². The second kappa shape index (κ2) is 6.16. The predicted molar refractivity (Wildman–Crippen MR) is 91.0 cm³/mol. The number of aryl methyl sites for hydroxylation is 2. The van der Waals surface area contributed by atoms with Crippen LogP contribution in [-0.2, 0) is 11.2 Å². The minimum Gasteiger partial charge on any atom is -0.497 e. The van der Waals surface area contributed by atoms with Crippen molar-refractivity contribution in [1.29, 1.82) is 0 Å². The van der Waals surface area contributed by atoms with Crippen molar-refractivity contribution in [2.45, 2.75) is 20.3 Å². The average Bonchev–Trinajstić information content (AvgIpc) is 2.88. The van der Waals surface area contributed by atoms with Crippen LogP contribution in [0.15, 0.2) is 47.1 Å². The van der Waals surface area contributed by atoms with Crippen molar-refractivity contribution in [2.24, 2.45) is 0 Å². The lowest BCUT2D eigenvalue weighted by atomic mass is 10.1. The van der Waals surface area contributed by atoms with Crippen LogP contribution in [0.3, 0.4) is 0 Å². The van der Waals surface area contributed by atoms with Crippen LogP contribution in [0.5, 0.6) is 5.75 Å². The number of hydrogen-bond donors (Lipinski definition) is 1. The molecule has 0 aliphatic rings. The molecule has 0 bridgehead atoms. The summed E-state index contributed by atoms with van der Waals surface area (Å²) in [5, 5.41) is 3.88. The van der Waals surface area contributed by atoms with Crippen LogP contribution >= 0.6 is 0 Å². The molecular weight excluding hydrogens is 290 g/mol. The highest BCUT2D eigenvalue weighted by Gasteiger charge is 2.11. The van der Waals surface area contributed by atoms with Gasteiger partial charge in [-0.1, -0.05) is 6.07 Å². The number of amides is 1. The van der Waals surface area contributed by atoms with Gasteiger partial charge < -0.3 is 14.5 Å². The maximum absolute atomic E-state index is 12.3. The van der Waals surface area contributed by atoms with Crippen molar-refractivity contribution in [3.05, 3.63) is 59.4 Å². The zero-order chi connectivity index (χ0) is 16.4. The highest BCUT2D eigenvalue weighted by atomic mass is 16.5. The van der Waals surface area contributed by atoms with Crippen molar-refractivity contribution in [3.8, 4) is 5.75 Å². The zero-order valence-corrected chi connectivity index (χ0v) is 13.5. The minimum absolute atomic E-state index is 0.0616. The van der Waals surface area contributed by atoms with Gasteiger partial charge in [-0.05, 0) is 49.2 Å². The molecule has 0 fully saturated rings. The number of anilines is 1. The van der Waals surface area contributed by atoms with Crippen molar-refractivity contribution < 1.29 is 13.9 Å². The molecule has 23 heavy (non-hydrogen) atoms. The van der Waals surface area contributed by atoms with Crippen LogP contribution in [0.1, 0.15) is 16.7 Å². The van der Waals surface area contributed by atoms with Crippen molar-refractivity contribution in [1.82, 2.24) is 0 Å². The highest BCUT2D eigenvalue weighted by Crippen LogP contribution is 2.26. The number of methoxy groups -OCH3 is 1. The molecule has 4 heteroatoms. The number of benzene rings is 2. The number of rotatable bonds is 4. The molecule has 0 aliphatic heterocycles. The van der Waals surface area contributed by atoms with Gasteiger partial charge in [0.05, 0.1) is 19.8 Å². The van der Waals surface area contributed by atoms with Crippen LogP contribution in [0, 0.1) is 13.8 Å². The second-order valence-electron chi connectivity index (χ2n) is 5.72. The van der Waals surface area contributed by atoms with E-state index in [-0.39, 0.29) is 12.3 Å². The van der Waals surface area contributed by atoms with Crippen LogP contribution in [-0.4, -0.2) is 13.0 Å².